The van der Waals surface area contributed by atoms with Crippen molar-refractivity contribution in [2.45, 2.75) is 19.9 Å². The summed E-state index contributed by atoms with van der Waals surface area (Å²) in [5.74, 6) is 0.745. The highest BCUT2D eigenvalue weighted by Crippen LogP contribution is 2.18. The number of nitrogens with zero attached hydrogens (tertiary/aromatic N) is 2. The molecule has 1 N–H and O–H groups in total. The van der Waals surface area contributed by atoms with E-state index in [-0.39, 0.29) is 12.4 Å². The maximum absolute atomic E-state index is 5.61. The molecular formula is C16H22ClN3O2. The number of aromatic nitrogens is 2. The molecule has 1 aromatic heterocycles. The van der Waals surface area contributed by atoms with Crippen LogP contribution in [0.2, 0.25) is 0 Å². The van der Waals surface area contributed by atoms with Crippen LogP contribution in [0.15, 0.2) is 42.7 Å². The quantitative estimate of drug-likeness (QED) is 0.718. The molecule has 0 radical (unpaired) electrons. The number of benzene rings is 1. The third kappa shape index (κ3) is 6.85. The van der Waals surface area contributed by atoms with Gasteiger partial charge in [-0.3, -0.25) is 0 Å². The number of hydrogen-bond acceptors (Lipinski definition) is 5. The van der Waals surface area contributed by atoms with Crippen molar-refractivity contribution in [3.8, 4) is 11.8 Å². The molecule has 0 saturated heterocycles. The zero-order valence-electron chi connectivity index (χ0n) is 12.7. The lowest BCUT2D eigenvalue weighted by atomic mass is 10.2. The fourth-order valence-corrected chi connectivity index (χ4v) is 1.84. The van der Waals surface area contributed by atoms with Crippen LogP contribution in [-0.2, 0) is 11.3 Å². The van der Waals surface area contributed by atoms with Crippen molar-refractivity contribution in [2.75, 3.05) is 19.8 Å². The lowest BCUT2D eigenvalue weighted by molar-refractivity contribution is 0.144. The number of ether oxygens (including phenoxy) is 2. The van der Waals surface area contributed by atoms with Crippen LogP contribution in [0.5, 0.6) is 11.8 Å². The van der Waals surface area contributed by atoms with E-state index in [0.717, 1.165) is 38.5 Å². The van der Waals surface area contributed by atoms with Crippen LogP contribution in [-0.4, -0.2) is 29.7 Å². The summed E-state index contributed by atoms with van der Waals surface area (Å²) in [5, 5.41) is 3.38. The summed E-state index contributed by atoms with van der Waals surface area (Å²) < 4.78 is 10.9. The molecule has 0 unspecified atom stereocenters. The molecule has 0 atom stereocenters. The first-order valence-corrected chi connectivity index (χ1v) is 7.21. The third-order valence-electron chi connectivity index (χ3n) is 2.83. The Kier molecular flexibility index (Phi) is 9.14. The van der Waals surface area contributed by atoms with E-state index >= 15 is 0 Å². The van der Waals surface area contributed by atoms with E-state index in [2.05, 4.69) is 21.4 Å². The summed E-state index contributed by atoms with van der Waals surface area (Å²) in [6.07, 6.45) is 4.33. The monoisotopic (exact) mass is 323 g/mol. The summed E-state index contributed by atoms with van der Waals surface area (Å²) in [4.78, 5) is 8.09. The molecule has 1 heterocycles. The summed E-state index contributed by atoms with van der Waals surface area (Å²) in [6, 6.07) is 10.0. The molecular weight excluding hydrogens is 302 g/mol. The molecule has 1 aromatic carbocycles. The number of hydrogen-bond donors (Lipinski definition) is 1. The molecule has 0 aliphatic carbocycles. The Morgan fingerprint density at radius 1 is 1.14 bits per heavy atom. The van der Waals surface area contributed by atoms with E-state index in [0.29, 0.717) is 6.01 Å². The normalized spacial score (nSPS) is 10.0. The highest BCUT2D eigenvalue weighted by molar-refractivity contribution is 5.85. The van der Waals surface area contributed by atoms with Gasteiger partial charge in [0.25, 0.3) is 0 Å². The van der Waals surface area contributed by atoms with Crippen LogP contribution in [0.1, 0.15) is 18.9 Å². The Hall–Kier alpha value is -1.69. The zero-order valence-corrected chi connectivity index (χ0v) is 13.5. The first-order valence-electron chi connectivity index (χ1n) is 7.21. The van der Waals surface area contributed by atoms with E-state index in [4.69, 9.17) is 9.47 Å². The Bertz CT molecular complexity index is 526. The minimum Gasteiger partial charge on any atom is -0.424 e. The standard InChI is InChI=1S/C16H21N3O2.ClH/c1-2-20-11-5-8-17-13-14-6-3-7-15(12-14)21-16-18-9-4-10-19-16;/h3-4,6-7,9-10,12,17H,2,5,8,11,13H2,1H3;1H. The van der Waals surface area contributed by atoms with Gasteiger partial charge in [-0.05, 0) is 43.7 Å². The van der Waals surface area contributed by atoms with Crippen LogP contribution < -0.4 is 10.1 Å². The van der Waals surface area contributed by atoms with Gasteiger partial charge in [-0.25, -0.2) is 9.97 Å². The predicted molar refractivity (Wildman–Crippen MR) is 88.6 cm³/mol. The van der Waals surface area contributed by atoms with E-state index in [1.807, 2.05) is 25.1 Å². The molecule has 0 amide bonds. The van der Waals surface area contributed by atoms with E-state index in [1.165, 1.54) is 5.56 Å². The highest BCUT2D eigenvalue weighted by atomic mass is 35.5. The Labute approximate surface area is 137 Å². The van der Waals surface area contributed by atoms with Gasteiger partial charge >= 0.3 is 6.01 Å². The van der Waals surface area contributed by atoms with Gasteiger partial charge in [0.05, 0.1) is 0 Å². The predicted octanol–water partition coefficient (Wildman–Crippen LogP) is 3.21. The second-order valence-corrected chi connectivity index (χ2v) is 4.51. The largest absolute Gasteiger partial charge is 0.424 e. The smallest absolute Gasteiger partial charge is 0.321 e. The third-order valence-corrected chi connectivity index (χ3v) is 2.83. The minimum atomic E-state index is 0. The lowest BCUT2D eigenvalue weighted by Gasteiger charge is -2.07. The average molecular weight is 324 g/mol. The molecule has 0 spiro atoms. The van der Waals surface area contributed by atoms with Crippen molar-refractivity contribution >= 4 is 12.4 Å². The van der Waals surface area contributed by atoms with Crippen molar-refractivity contribution in [1.29, 1.82) is 0 Å². The highest BCUT2D eigenvalue weighted by Gasteiger charge is 2.00. The van der Waals surface area contributed by atoms with Crippen LogP contribution >= 0.6 is 12.4 Å². The Balaban J connectivity index is 0.00000242. The molecule has 6 heteroatoms. The van der Waals surface area contributed by atoms with Gasteiger partial charge in [-0.15, -0.1) is 12.4 Å². The molecule has 0 bridgehead atoms. The summed E-state index contributed by atoms with van der Waals surface area (Å²) >= 11 is 0. The van der Waals surface area contributed by atoms with Gasteiger partial charge in [-0.2, -0.15) is 0 Å². The Morgan fingerprint density at radius 3 is 2.73 bits per heavy atom. The van der Waals surface area contributed by atoms with Crippen molar-refractivity contribution in [3.63, 3.8) is 0 Å². The molecule has 0 aliphatic heterocycles. The number of nitrogens with one attached hydrogen (secondary N) is 1. The van der Waals surface area contributed by atoms with E-state index < -0.39 is 0 Å². The van der Waals surface area contributed by atoms with Crippen molar-refractivity contribution in [3.05, 3.63) is 48.3 Å². The molecule has 0 fully saturated rings. The molecule has 0 saturated carbocycles. The van der Waals surface area contributed by atoms with Crippen LogP contribution in [0.4, 0.5) is 0 Å². The van der Waals surface area contributed by atoms with Gasteiger partial charge < -0.3 is 14.8 Å². The lowest BCUT2D eigenvalue weighted by Crippen LogP contribution is -2.16. The van der Waals surface area contributed by atoms with Crippen molar-refractivity contribution < 1.29 is 9.47 Å². The minimum absolute atomic E-state index is 0. The average Bonchev–Trinajstić information content (AvgIpc) is 2.52. The van der Waals surface area contributed by atoms with Crippen LogP contribution in [0, 0.1) is 0 Å². The summed E-state index contributed by atoms with van der Waals surface area (Å²) in [6.45, 7) is 5.33. The summed E-state index contributed by atoms with van der Waals surface area (Å²) in [5.41, 5.74) is 1.17. The number of rotatable bonds is 9. The van der Waals surface area contributed by atoms with Crippen molar-refractivity contribution in [1.82, 2.24) is 15.3 Å². The van der Waals surface area contributed by atoms with Gasteiger partial charge in [0.15, 0.2) is 0 Å². The second kappa shape index (κ2) is 11.0. The SMILES string of the molecule is CCOCCCNCc1cccc(Oc2ncccn2)c1.Cl. The maximum Gasteiger partial charge on any atom is 0.321 e. The van der Waals surface area contributed by atoms with E-state index in [1.54, 1.807) is 18.5 Å². The van der Waals surface area contributed by atoms with Crippen LogP contribution in [0.25, 0.3) is 0 Å². The first-order chi connectivity index (χ1) is 10.4. The first kappa shape index (κ1) is 18.4. The van der Waals surface area contributed by atoms with Gasteiger partial charge in [0.1, 0.15) is 5.75 Å². The fraction of sp³-hybridized carbons (Fsp3) is 0.375. The molecule has 2 aromatic rings. The molecule has 5 nitrogen and oxygen atoms in total. The van der Waals surface area contributed by atoms with Gasteiger partial charge in [0.2, 0.25) is 0 Å². The second-order valence-electron chi connectivity index (χ2n) is 4.51. The fourth-order valence-electron chi connectivity index (χ4n) is 1.84. The molecule has 2 rings (SSSR count). The number of halogens is 1. The van der Waals surface area contributed by atoms with E-state index in [9.17, 15) is 0 Å². The summed E-state index contributed by atoms with van der Waals surface area (Å²) in [7, 11) is 0. The van der Waals surface area contributed by atoms with Gasteiger partial charge in [0, 0.05) is 32.2 Å². The maximum atomic E-state index is 5.61. The van der Waals surface area contributed by atoms with Gasteiger partial charge in [-0.1, -0.05) is 12.1 Å². The zero-order chi connectivity index (χ0) is 14.8. The molecule has 120 valence electrons. The van der Waals surface area contributed by atoms with Crippen molar-refractivity contribution in [2.24, 2.45) is 0 Å². The Morgan fingerprint density at radius 2 is 1.95 bits per heavy atom. The molecule has 0 aliphatic rings. The topological polar surface area (TPSA) is 56.3 Å². The van der Waals surface area contributed by atoms with Crippen LogP contribution in [0.3, 0.4) is 0 Å². The molecule has 22 heavy (non-hydrogen) atoms.